The molecule has 0 atom stereocenters. The second-order valence-corrected chi connectivity index (χ2v) is 6.56. The number of rotatable bonds is 6. The highest BCUT2D eigenvalue weighted by Gasteiger charge is 2.20. The molecule has 138 valence electrons. The van der Waals surface area contributed by atoms with E-state index in [2.05, 4.69) is 9.80 Å². The predicted molar refractivity (Wildman–Crippen MR) is 103 cm³/mol. The van der Waals surface area contributed by atoms with Crippen molar-refractivity contribution in [2.24, 2.45) is 0 Å². The highest BCUT2D eigenvalue weighted by atomic mass is 16.5. The van der Waals surface area contributed by atoms with Crippen molar-refractivity contribution in [3.05, 3.63) is 53.6 Å². The van der Waals surface area contributed by atoms with Crippen LogP contribution in [0.2, 0.25) is 0 Å². The van der Waals surface area contributed by atoms with E-state index < -0.39 is 0 Å². The normalized spacial score (nSPS) is 15.1. The maximum Gasteiger partial charge on any atom is 0.159 e. The molecule has 1 N–H and O–H groups in total. The molecule has 1 heterocycles. The molecule has 1 aliphatic rings. The largest absolute Gasteiger partial charge is 0.506 e. The van der Waals surface area contributed by atoms with Crippen LogP contribution in [0.4, 0.5) is 5.69 Å². The van der Waals surface area contributed by atoms with E-state index in [0.29, 0.717) is 12.4 Å². The number of piperazine rings is 1. The van der Waals surface area contributed by atoms with Gasteiger partial charge in [-0.25, -0.2) is 0 Å². The zero-order valence-electron chi connectivity index (χ0n) is 15.4. The molecule has 0 saturated carbocycles. The molecule has 1 saturated heterocycles. The molecule has 2 aromatic carbocycles. The molecule has 1 aliphatic heterocycles. The van der Waals surface area contributed by atoms with Gasteiger partial charge < -0.3 is 14.7 Å². The van der Waals surface area contributed by atoms with Crippen molar-refractivity contribution in [2.75, 3.05) is 37.7 Å². The van der Waals surface area contributed by atoms with Gasteiger partial charge in [-0.1, -0.05) is 12.1 Å². The first-order valence-electron chi connectivity index (χ1n) is 9.10. The molecule has 0 bridgehead atoms. The molecule has 0 spiro atoms. The van der Waals surface area contributed by atoms with Gasteiger partial charge in [0.25, 0.3) is 0 Å². The van der Waals surface area contributed by atoms with Crippen LogP contribution >= 0.6 is 0 Å². The number of ketones is 1. The molecule has 1 fully saturated rings. The van der Waals surface area contributed by atoms with Crippen molar-refractivity contribution >= 4 is 11.5 Å². The number of hydrogen-bond donors (Lipinski definition) is 1. The minimum Gasteiger partial charge on any atom is -0.506 e. The van der Waals surface area contributed by atoms with E-state index in [9.17, 15) is 9.90 Å². The molecule has 0 amide bonds. The van der Waals surface area contributed by atoms with Gasteiger partial charge in [0.05, 0.1) is 12.3 Å². The van der Waals surface area contributed by atoms with Crippen molar-refractivity contribution in [2.45, 2.75) is 20.4 Å². The molecule has 26 heavy (non-hydrogen) atoms. The van der Waals surface area contributed by atoms with Gasteiger partial charge in [-0.2, -0.15) is 0 Å². The number of phenolic OH excluding ortho intramolecular Hbond substituents is 1. The Morgan fingerprint density at radius 2 is 1.85 bits per heavy atom. The SMILES string of the molecule is CCOc1ccc(C(C)=O)cc1CN1CCN(c2ccccc2O)CC1. The van der Waals surface area contributed by atoms with Crippen LogP contribution in [0.3, 0.4) is 0 Å². The van der Waals surface area contributed by atoms with E-state index in [-0.39, 0.29) is 5.78 Å². The second-order valence-electron chi connectivity index (χ2n) is 6.56. The van der Waals surface area contributed by atoms with Crippen molar-refractivity contribution in [3.8, 4) is 11.5 Å². The summed E-state index contributed by atoms with van der Waals surface area (Å²) in [6.45, 7) is 8.41. The van der Waals surface area contributed by atoms with Gasteiger partial charge in [-0.05, 0) is 44.2 Å². The third-order valence-electron chi connectivity index (χ3n) is 4.76. The van der Waals surface area contributed by atoms with E-state index in [1.807, 2.05) is 43.3 Å². The average Bonchev–Trinajstić information content (AvgIpc) is 2.64. The van der Waals surface area contributed by atoms with Crippen LogP contribution in [-0.2, 0) is 6.54 Å². The number of nitrogens with zero attached hydrogens (tertiary/aromatic N) is 2. The lowest BCUT2D eigenvalue weighted by atomic mass is 10.1. The average molecular weight is 354 g/mol. The van der Waals surface area contributed by atoms with E-state index >= 15 is 0 Å². The summed E-state index contributed by atoms with van der Waals surface area (Å²) < 4.78 is 5.74. The third-order valence-corrected chi connectivity index (χ3v) is 4.76. The van der Waals surface area contributed by atoms with Gasteiger partial charge >= 0.3 is 0 Å². The lowest BCUT2D eigenvalue weighted by molar-refractivity contribution is 0.101. The summed E-state index contributed by atoms with van der Waals surface area (Å²) in [4.78, 5) is 16.3. The molecule has 5 nitrogen and oxygen atoms in total. The highest BCUT2D eigenvalue weighted by Crippen LogP contribution is 2.28. The Kier molecular flexibility index (Phi) is 5.78. The topological polar surface area (TPSA) is 53.0 Å². The molecule has 3 rings (SSSR count). The number of ether oxygens (including phenoxy) is 1. The Hall–Kier alpha value is -2.53. The van der Waals surface area contributed by atoms with Crippen LogP contribution < -0.4 is 9.64 Å². The fraction of sp³-hybridized carbons (Fsp3) is 0.381. The Balaban J connectivity index is 1.68. The molecule has 0 aromatic heterocycles. The number of hydrogen-bond acceptors (Lipinski definition) is 5. The van der Waals surface area contributed by atoms with Crippen LogP contribution in [0.5, 0.6) is 11.5 Å². The summed E-state index contributed by atoms with van der Waals surface area (Å²) in [5.74, 6) is 1.24. The predicted octanol–water partition coefficient (Wildman–Crippen LogP) is 3.32. The van der Waals surface area contributed by atoms with Gasteiger partial charge in [-0.15, -0.1) is 0 Å². The fourth-order valence-electron chi connectivity index (χ4n) is 3.34. The van der Waals surface area contributed by atoms with Gasteiger partial charge in [0.1, 0.15) is 11.5 Å². The molecular formula is C21H26N2O3. The Labute approximate surface area is 154 Å². The van der Waals surface area contributed by atoms with Crippen molar-refractivity contribution in [1.29, 1.82) is 0 Å². The van der Waals surface area contributed by atoms with Crippen molar-refractivity contribution in [1.82, 2.24) is 4.90 Å². The lowest BCUT2D eigenvalue weighted by Gasteiger charge is -2.36. The summed E-state index contributed by atoms with van der Waals surface area (Å²) in [7, 11) is 0. The van der Waals surface area contributed by atoms with Gasteiger partial charge in [0, 0.05) is 43.9 Å². The van der Waals surface area contributed by atoms with Crippen LogP contribution in [0.15, 0.2) is 42.5 Å². The number of anilines is 1. The number of carbonyl (C=O) groups is 1. The van der Waals surface area contributed by atoms with Crippen LogP contribution in [0, 0.1) is 0 Å². The number of phenols is 1. The summed E-state index contributed by atoms with van der Waals surface area (Å²) in [5.41, 5.74) is 2.66. The Bertz CT molecular complexity index is 768. The van der Waals surface area contributed by atoms with Crippen LogP contribution in [0.1, 0.15) is 29.8 Å². The molecule has 0 radical (unpaired) electrons. The summed E-state index contributed by atoms with van der Waals surface area (Å²) in [6.07, 6.45) is 0. The standard InChI is InChI=1S/C21H26N2O3/c1-3-26-21-9-8-17(16(2)24)14-18(21)15-22-10-12-23(13-11-22)19-6-4-5-7-20(19)25/h4-9,14,25H,3,10-13,15H2,1-2H3. The Morgan fingerprint density at radius 3 is 2.50 bits per heavy atom. The van der Waals surface area contributed by atoms with Gasteiger partial charge in [0.2, 0.25) is 0 Å². The van der Waals surface area contributed by atoms with Crippen LogP contribution in [-0.4, -0.2) is 48.6 Å². The quantitative estimate of drug-likeness (QED) is 0.807. The number of Topliss-reactive ketones (excluding diaryl/α,β-unsaturated/α-hetero) is 1. The molecule has 5 heteroatoms. The maximum absolute atomic E-state index is 11.7. The Morgan fingerprint density at radius 1 is 1.12 bits per heavy atom. The first-order chi connectivity index (χ1) is 12.6. The van der Waals surface area contributed by atoms with Crippen molar-refractivity contribution in [3.63, 3.8) is 0 Å². The number of para-hydroxylation sites is 2. The summed E-state index contributed by atoms with van der Waals surface area (Å²) >= 11 is 0. The first kappa shape index (κ1) is 18.3. The minimum absolute atomic E-state index is 0.0682. The summed E-state index contributed by atoms with van der Waals surface area (Å²) in [5, 5.41) is 10.0. The zero-order chi connectivity index (χ0) is 18.5. The second kappa shape index (κ2) is 8.23. The third kappa shape index (κ3) is 4.17. The monoisotopic (exact) mass is 354 g/mol. The molecule has 0 aliphatic carbocycles. The van der Waals surface area contributed by atoms with E-state index in [4.69, 9.17) is 4.74 Å². The van der Waals surface area contributed by atoms with Crippen LogP contribution in [0.25, 0.3) is 0 Å². The summed E-state index contributed by atoms with van der Waals surface area (Å²) in [6, 6.07) is 13.1. The molecule has 2 aromatic rings. The van der Waals surface area contributed by atoms with E-state index in [1.54, 1.807) is 13.0 Å². The minimum atomic E-state index is 0.0682. The smallest absolute Gasteiger partial charge is 0.159 e. The first-order valence-corrected chi connectivity index (χ1v) is 9.10. The van der Waals surface area contributed by atoms with E-state index in [0.717, 1.165) is 55.3 Å². The zero-order valence-corrected chi connectivity index (χ0v) is 15.4. The maximum atomic E-state index is 11.7. The lowest BCUT2D eigenvalue weighted by Crippen LogP contribution is -2.46. The number of aromatic hydroxyl groups is 1. The highest BCUT2D eigenvalue weighted by molar-refractivity contribution is 5.94. The molecular weight excluding hydrogens is 328 g/mol. The molecule has 0 unspecified atom stereocenters. The number of carbonyl (C=O) groups excluding carboxylic acids is 1. The fourth-order valence-corrected chi connectivity index (χ4v) is 3.34. The van der Waals surface area contributed by atoms with Gasteiger partial charge in [0.15, 0.2) is 5.78 Å². The van der Waals surface area contributed by atoms with E-state index in [1.165, 1.54) is 0 Å². The van der Waals surface area contributed by atoms with Crippen molar-refractivity contribution < 1.29 is 14.6 Å². The van der Waals surface area contributed by atoms with Gasteiger partial charge in [-0.3, -0.25) is 9.69 Å². The number of benzene rings is 2.